The fraction of sp³-hybridized carbons (Fsp3) is 0.185. The summed E-state index contributed by atoms with van der Waals surface area (Å²) < 4.78 is 10.5. The highest BCUT2D eigenvalue weighted by molar-refractivity contribution is 6.01. The fourth-order valence-electron chi connectivity index (χ4n) is 3.75. The molecular formula is C27H23NO6. The summed E-state index contributed by atoms with van der Waals surface area (Å²) in [6, 6.07) is 22.1. The Morgan fingerprint density at radius 3 is 2.26 bits per heavy atom. The van der Waals surface area contributed by atoms with Crippen LogP contribution in [-0.4, -0.2) is 36.8 Å². The van der Waals surface area contributed by atoms with Crippen molar-refractivity contribution in [2.24, 2.45) is 5.92 Å². The second-order valence-corrected chi connectivity index (χ2v) is 8.00. The molecule has 1 aliphatic heterocycles. The molecule has 34 heavy (non-hydrogen) atoms. The van der Waals surface area contributed by atoms with Crippen LogP contribution in [0.4, 0.5) is 5.69 Å². The summed E-state index contributed by atoms with van der Waals surface area (Å²) in [6.07, 6.45) is 0.0445. The molecule has 3 aromatic carbocycles. The molecule has 0 aromatic heterocycles. The predicted molar refractivity (Wildman–Crippen MR) is 125 cm³/mol. The Balaban J connectivity index is 1.29. The summed E-state index contributed by atoms with van der Waals surface area (Å²) >= 11 is 0. The average molecular weight is 457 g/mol. The number of para-hydroxylation sites is 1. The molecule has 172 valence electrons. The Labute approximate surface area is 196 Å². The Morgan fingerprint density at radius 1 is 0.882 bits per heavy atom. The molecule has 1 aliphatic rings. The zero-order chi connectivity index (χ0) is 24.1. The van der Waals surface area contributed by atoms with E-state index >= 15 is 0 Å². The van der Waals surface area contributed by atoms with E-state index < -0.39 is 30.2 Å². The molecule has 0 bridgehead atoms. The number of aryl methyl sites for hydroxylation is 1. The second-order valence-electron chi connectivity index (χ2n) is 8.00. The molecule has 7 heteroatoms. The van der Waals surface area contributed by atoms with Gasteiger partial charge in [-0.3, -0.25) is 14.4 Å². The van der Waals surface area contributed by atoms with Crippen LogP contribution >= 0.6 is 0 Å². The molecular weight excluding hydrogens is 434 g/mol. The van der Waals surface area contributed by atoms with Crippen molar-refractivity contribution < 1.29 is 28.7 Å². The van der Waals surface area contributed by atoms with Crippen LogP contribution in [0.2, 0.25) is 0 Å². The fourth-order valence-corrected chi connectivity index (χ4v) is 3.75. The minimum Gasteiger partial charge on any atom is -0.457 e. The van der Waals surface area contributed by atoms with E-state index in [1.807, 2.05) is 31.2 Å². The van der Waals surface area contributed by atoms with Crippen LogP contribution in [0.15, 0.2) is 78.9 Å². The van der Waals surface area contributed by atoms with Crippen LogP contribution in [0.25, 0.3) is 0 Å². The molecule has 1 amide bonds. The van der Waals surface area contributed by atoms with Crippen LogP contribution in [0.3, 0.4) is 0 Å². The first-order valence-electron chi connectivity index (χ1n) is 10.9. The first-order chi connectivity index (χ1) is 16.4. The number of benzene rings is 3. The third kappa shape index (κ3) is 5.20. The topological polar surface area (TPSA) is 90.0 Å². The third-order valence-corrected chi connectivity index (χ3v) is 5.61. The Hall–Kier alpha value is -4.26. The first-order valence-corrected chi connectivity index (χ1v) is 10.9. The van der Waals surface area contributed by atoms with Gasteiger partial charge in [0.05, 0.1) is 11.5 Å². The van der Waals surface area contributed by atoms with Crippen molar-refractivity contribution in [3.8, 4) is 5.75 Å². The van der Waals surface area contributed by atoms with E-state index in [4.69, 9.17) is 9.47 Å². The maximum atomic E-state index is 12.5. The lowest BCUT2D eigenvalue weighted by Crippen LogP contribution is -2.27. The van der Waals surface area contributed by atoms with E-state index in [1.54, 1.807) is 35.2 Å². The molecule has 7 nitrogen and oxygen atoms in total. The molecule has 1 saturated heterocycles. The van der Waals surface area contributed by atoms with Gasteiger partial charge in [-0.05, 0) is 55.0 Å². The SMILES string of the molecule is Cc1ccccc1N1C[C@@H](C(=O)OCC(=O)c2ccc(OC(=O)c3ccccc3)cc2)CC1=O. The Kier molecular flexibility index (Phi) is 6.82. The third-order valence-electron chi connectivity index (χ3n) is 5.61. The standard InChI is InChI=1S/C27H23NO6/c1-18-7-5-6-10-23(18)28-16-21(15-25(28)30)26(31)33-17-24(29)19-11-13-22(14-12-19)34-27(32)20-8-3-2-4-9-20/h2-14,21H,15-17H2,1H3/t21-/m0/s1. The number of amides is 1. The van der Waals surface area contributed by atoms with Gasteiger partial charge in [0.2, 0.25) is 5.91 Å². The van der Waals surface area contributed by atoms with Gasteiger partial charge in [-0.1, -0.05) is 36.4 Å². The molecule has 0 saturated carbocycles. The summed E-state index contributed by atoms with van der Waals surface area (Å²) in [5.74, 6) is -1.95. The van der Waals surface area contributed by atoms with Crippen molar-refractivity contribution >= 4 is 29.3 Å². The minimum absolute atomic E-state index is 0.0445. The van der Waals surface area contributed by atoms with Crippen LogP contribution < -0.4 is 9.64 Å². The van der Waals surface area contributed by atoms with Gasteiger partial charge >= 0.3 is 11.9 Å². The van der Waals surface area contributed by atoms with E-state index in [2.05, 4.69) is 0 Å². The Bertz CT molecular complexity index is 1220. The highest BCUT2D eigenvalue weighted by Gasteiger charge is 2.36. The highest BCUT2D eigenvalue weighted by atomic mass is 16.5. The van der Waals surface area contributed by atoms with Gasteiger partial charge < -0.3 is 14.4 Å². The van der Waals surface area contributed by atoms with Gasteiger partial charge in [0.15, 0.2) is 12.4 Å². The van der Waals surface area contributed by atoms with Crippen LogP contribution in [-0.2, 0) is 14.3 Å². The lowest BCUT2D eigenvalue weighted by molar-refractivity contribution is -0.147. The molecule has 1 fully saturated rings. The predicted octanol–water partition coefficient (Wildman–Crippen LogP) is 3.99. The number of rotatable bonds is 7. The average Bonchev–Trinajstić information content (AvgIpc) is 3.25. The van der Waals surface area contributed by atoms with Crippen molar-refractivity contribution in [2.75, 3.05) is 18.1 Å². The number of hydrogen-bond donors (Lipinski definition) is 0. The number of esters is 2. The van der Waals surface area contributed by atoms with Crippen molar-refractivity contribution in [3.05, 3.63) is 95.6 Å². The molecule has 0 spiro atoms. The Morgan fingerprint density at radius 2 is 1.56 bits per heavy atom. The van der Waals surface area contributed by atoms with E-state index in [0.29, 0.717) is 16.9 Å². The summed E-state index contributed by atoms with van der Waals surface area (Å²) in [6.45, 7) is 1.69. The minimum atomic E-state index is -0.625. The number of ketones is 1. The lowest BCUT2D eigenvalue weighted by atomic mass is 10.1. The maximum absolute atomic E-state index is 12.5. The highest BCUT2D eigenvalue weighted by Crippen LogP contribution is 2.28. The van der Waals surface area contributed by atoms with Crippen LogP contribution in [0.1, 0.15) is 32.7 Å². The van der Waals surface area contributed by atoms with Gasteiger partial charge in [-0.15, -0.1) is 0 Å². The van der Waals surface area contributed by atoms with Crippen molar-refractivity contribution in [3.63, 3.8) is 0 Å². The summed E-state index contributed by atoms with van der Waals surface area (Å²) in [5.41, 5.74) is 2.45. The van der Waals surface area contributed by atoms with Crippen LogP contribution in [0.5, 0.6) is 5.75 Å². The molecule has 0 unspecified atom stereocenters. The number of Topliss-reactive ketones (excluding diaryl/α,β-unsaturated/α-hetero) is 1. The van der Waals surface area contributed by atoms with Crippen molar-refractivity contribution in [1.82, 2.24) is 0 Å². The molecule has 1 atom stereocenters. The van der Waals surface area contributed by atoms with Gasteiger partial charge in [0.25, 0.3) is 0 Å². The molecule has 0 aliphatic carbocycles. The van der Waals surface area contributed by atoms with E-state index in [1.165, 1.54) is 24.3 Å². The number of hydrogen-bond acceptors (Lipinski definition) is 6. The van der Waals surface area contributed by atoms with Gasteiger partial charge in [-0.25, -0.2) is 4.79 Å². The number of anilines is 1. The monoisotopic (exact) mass is 457 g/mol. The zero-order valence-electron chi connectivity index (χ0n) is 18.6. The molecule has 1 heterocycles. The lowest BCUT2D eigenvalue weighted by Gasteiger charge is -2.18. The van der Waals surface area contributed by atoms with Crippen molar-refractivity contribution in [2.45, 2.75) is 13.3 Å². The quantitative estimate of drug-likeness (QED) is 0.303. The normalized spacial score (nSPS) is 15.1. The van der Waals surface area contributed by atoms with Gasteiger partial charge in [0.1, 0.15) is 5.75 Å². The second kappa shape index (κ2) is 10.1. The summed E-state index contributed by atoms with van der Waals surface area (Å²) in [5, 5.41) is 0. The van der Waals surface area contributed by atoms with E-state index in [-0.39, 0.29) is 18.9 Å². The molecule has 4 rings (SSSR count). The molecule has 0 radical (unpaired) electrons. The smallest absolute Gasteiger partial charge is 0.343 e. The van der Waals surface area contributed by atoms with Crippen LogP contribution in [0, 0.1) is 12.8 Å². The van der Waals surface area contributed by atoms with Gasteiger partial charge in [0, 0.05) is 24.2 Å². The first kappa shape index (κ1) is 22.9. The molecule has 3 aromatic rings. The number of carbonyl (C=O) groups excluding carboxylic acids is 4. The summed E-state index contributed by atoms with van der Waals surface area (Å²) in [7, 11) is 0. The maximum Gasteiger partial charge on any atom is 0.343 e. The van der Waals surface area contributed by atoms with Gasteiger partial charge in [-0.2, -0.15) is 0 Å². The number of ether oxygens (including phenoxy) is 2. The van der Waals surface area contributed by atoms with Crippen molar-refractivity contribution in [1.29, 1.82) is 0 Å². The zero-order valence-corrected chi connectivity index (χ0v) is 18.6. The largest absolute Gasteiger partial charge is 0.457 e. The molecule has 0 N–H and O–H groups in total. The number of nitrogens with zero attached hydrogens (tertiary/aromatic N) is 1. The van der Waals surface area contributed by atoms with E-state index in [9.17, 15) is 19.2 Å². The van der Waals surface area contributed by atoms with E-state index in [0.717, 1.165) is 11.3 Å². The summed E-state index contributed by atoms with van der Waals surface area (Å²) in [4.78, 5) is 51.1. The number of carbonyl (C=O) groups is 4.